The number of hydrogen-bond donors (Lipinski definition) is 1. The van der Waals surface area contributed by atoms with E-state index in [9.17, 15) is 0 Å². The number of nitriles is 1. The van der Waals surface area contributed by atoms with E-state index < -0.39 is 0 Å². The molecule has 3 rings (SSSR count). The van der Waals surface area contributed by atoms with Crippen molar-refractivity contribution in [3.05, 3.63) is 65.2 Å². The Morgan fingerprint density at radius 1 is 1.17 bits per heavy atom. The fourth-order valence-corrected chi connectivity index (χ4v) is 2.29. The Kier molecular flexibility index (Phi) is 4.02. The summed E-state index contributed by atoms with van der Waals surface area (Å²) in [6.07, 6.45) is 3.37. The highest BCUT2D eigenvalue weighted by Gasteiger charge is 2.06. The molecule has 0 aliphatic heterocycles. The van der Waals surface area contributed by atoms with Crippen molar-refractivity contribution in [1.82, 2.24) is 19.7 Å². The molecule has 0 amide bonds. The molecule has 0 fully saturated rings. The summed E-state index contributed by atoms with van der Waals surface area (Å²) in [5.74, 6) is 1.36. The molecule has 0 atom stereocenters. The van der Waals surface area contributed by atoms with Gasteiger partial charge in [-0.15, -0.1) is 0 Å². The van der Waals surface area contributed by atoms with Crippen LogP contribution in [0.4, 0.5) is 5.82 Å². The van der Waals surface area contributed by atoms with Crippen LogP contribution in [0.3, 0.4) is 0 Å². The quantitative estimate of drug-likeness (QED) is 0.801. The number of nitrogens with zero attached hydrogens (tertiary/aromatic N) is 5. The van der Waals surface area contributed by atoms with Crippen molar-refractivity contribution in [2.75, 3.05) is 5.32 Å². The molecule has 3 aromatic rings. The highest BCUT2D eigenvalue weighted by atomic mass is 15.3. The summed E-state index contributed by atoms with van der Waals surface area (Å²) in [7, 11) is 0. The molecule has 114 valence electrons. The molecule has 1 aromatic carbocycles. The summed E-state index contributed by atoms with van der Waals surface area (Å²) in [6, 6.07) is 11.5. The molecule has 6 heteroatoms. The van der Waals surface area contributed by atoms with Gasteiger partial charge >= 0.3 is 0 Å². The second kappa shape index (κ2) is 6.28. The van der Waals surface area contributed by atoms with Gasteiger partial charge in [0.2, 0.25) is 0 Å². The van der Waals surface area contributed by atoms with Crippen molar-refractivity contribution in [3.63, 3.8) is 0 Å². The molecule has 0 bridgehead atoms. The Labute approximate surface area is 134 Å². The van der Waals surface area contributed by atoms with Crippen LogP contribution >= 0.6 is 0 Å². The van der Waals surface area contributed by atoms with Gasteiger partial charge in [-0.1, -0.05) is 12.1 Å². The first-order valence-corrected chi connectivity index (χ1v) is 7.24. The van der Waals surface area contributed by atoms with E-state index in [-0.39, 0.29) is 0 Å². The number of aromatic nitrogens is 4. The number of aryl methyl sites for hydroxylation is 2. The zero-order valence-electron chi connectivity index (χ0n) is 13.0. The van der Waals surface area contributed by atoms with Crippen LogP contribution in [0.1, 0.15) is 22.5 Å². The third-order valence-electron chi connectivity index (χ3n) is 3.41. The van der Waals surface area contributed by atoms with Crippen LogP contribution in [0.5, 0.6) is 0 Å². The summed E-state index contributed by atoms with van der Waals surface area (Å²) in [5.41, 5.74) is 3.68. The van der Waals surface area contributed by atoms with Gasteiger partial charge in [-0.2, -0.15) is 10.4 Å². The zero-order valence-corrected chi connectivity index (χ0v) is 13.0. The highest BCUT2D eigenvalue weighted by molar-refractivity contribution is 5.38. The smallest absolute Gasteiger partial charge is 0.174 e. The molecule has 0 unspecified atom stereocenters. The molecule has 6 nitrogen and oxygen atoms in total. The number of benzene rings is 1. The molecule has 0 aliphatic rings. The predicted molar refractivity (Wildman–Crippen MR) is 87.1 cm³/mol. The highest BCUT2D eigenvalue weighted by Crippen LogP contribution is 2.12. The minimum absolute atomic E-state index is 0.612. The summed E-state index contributed by atoms with van der Waals surface area (Å²) in [5, 5.41) is 16.5. The molecule has 0 saturated heterocycles. The first-order valence-electron chi connectivity index (χ1n) is 7.24. The van der Waals surface area contributed by atoms with E-state index in [1.165, 1.54) is 0 Å². The molecular weight excluding hydrogens is 288 g/mol. The minimum Gasteiger partial charge on any atom is -0.365 e. The second-order valence-electron chi connectivity index (χ2n) is 5.26. The van der Waals surface area contributed by atoms with Crippen LogP contribution < -0.4 is 5.32 Å². The van der Waals surface area contributed by atoms with Crippen molar-refractivity contribution < 1.29 is 0 Å². The van der Waals surface area contributed by atoms with Crippen LogP contribution in [0.2, 0.25) is 0 Å². The number of rotatable bonds is 4. The van der Waals surface area contributed by atoms with Gasteiger partial charge in [0.05, 0.1) is 29.7 Å². The van der Waals surface area contributed by atoms with E-state index in [4.69, 9.17) is 5.26 Å². The molecule has 23 heavy (non-hydrogen) atoms. The number of hydrogen-bond acceptors (Lipinski definition) is 5. The van der Waals surface area contributed by atoms with E-state index >= 15 is 0 Å². The summed E-state index contributed by atoms with van der Waals surface area (Å²) in [4.78, 5) is 8.76. The first-order chi connectivity index (χ1) is 11.2. The number of nitrogens with one attached hydrogen (secondary N) is 1. The topological polar surface area (TPSA) is 79.4 Å². The monoisotopic (exact) mass is 304 g/mol. The normalized spacial score (nSPS) is 10.3. The van der Waals surface area contributed by atoms with Crippen molar-refractivity contribution in [2.45, 2.75) is 20.4 Å². The van der Waals surface area contributed by atoms with Crippen molar-refractivity contribution in [2.24, 2.45) is 0 Å². The van der Waals surface area contributed by atoms with Gasteiger partial charge in [0.15, 0.2) is 5.82 Å². The SMILES string of the molecule is Cc1cc(C)n(-c2cncc(NCc3ccc(C#N)cc3)n2)n1. The van der Waals surface area contributed by atoms with Gasteiger partial charge in [-0.05, 0) is 37.6 Å². The van der Waals surface area contributed by atoms with Gasteiger partial charge in [-0.3, -0.25) is 4.98 Å². The van der Waals surface area contributed by atoms with Gasteiger partial charge < -0.3 is 5.32 Å². The third kappa shape index (κ3) is 3.35. The molecule has 0 radical (unpaired) electrons. The lowest BCUT2D eigenvalue weighted by Crippen LogP contribution is -2.07. The standard InChI is InChI=1S/C17H16N6/c1-12-7-13(2)23(22-12)17-11-19-10-16(21-17)20-9-15-5-3-14(8-18)4-6-15/h3-7,10-11H,9H2,1-2H3,(H,20,21). The fraction of sp³-hybridized carbons (Fsp3) is 0.176. The van der Waals surface area contributed by atoms with Crippen molar-refractivity contribution in [1.29, 1.82) is 5.26 Å². The largest absolute Gasteiger partial charge is 0.365 e. The Morgan fingerprint density at radius 3 is 2.61 bits per heavy atom. The molecular formula is C17H16N6. The van der Waals surface area contributed by atoms with Crippen molar-refractivity contribution >= 4 is 5.82 Å². The minimum atomic E-state index is 0.612. The molecule has 0 aliphatic carbocycles. The molecule has 2 heterocycles. The summed E-state index contributed by atoms with van der Waals surface area (Å²) < 4.78 is 1.77. The van der Waals surface area contributed by atoms with Crippen LogP contribution in [-0.2, 0) is 6.54 Å². The van der Waals surface area contributed by atoms with Crippen LogP contribution in [-0.4, -0.2) is 19.7 Å². The van der Waals surface area contributed by atoms with E-state index in [1.807, 2.05) is 32.0 Å². The van der Waals surface area contributed by atoms with Gasteiger partial charge in [-0.25, -0.2) is 9.67 Å². The Morgan fingerprint density at radius 2 is 1.96 bits per heavy atom. The zero-order chi connectivity index (χ0) is 16.2. The van der Waals surface area contributed by atoms with Gasteiger partial charge in [0.25, 0.3) is 0 Å². The van der Waals surface area contributed by atoms with Crippen LogP contribution in [0.15, 0.2) is 42.7 Å². The summed E-state index contributed by atoms with van der Waals surface area (Å²) >= 11 is 0. The molecule has 1 N–H and O–H groups in total. The Balaban J connectivity index is 1.75. The maximum absolute atomic E-state index is 8.81. The number of anilines is 1. The molecule has 0 spiro atoms. The van der Waals surface area contributed by atoms with E-state index in [0.29, 0.717) is 23.7 Å². The second-order valence-corrected chi connectivity index (χ2v) is 5.26. The Hall–Kier alpha value is -3.20. The van der Waals surface area contributed by atoms with E-state index in [1.54, 1.807) is 29.2 Å². The first kappa shape index (κ1) is 14.7. The van der Waals surface area contributed by atoms with E-state index in [0.717, 1.165) is 17.0 Å². The molecule has 2 aromatic heterocycles. The maximum atomic E-state index is 8.81. The average Bonchev–Trinajstić information content (AvgIpc) is 2.92. The van der Waals surface area contributed by atoms with E-state index in [2.05, 4.69) is 26.5 Å². The lowest BCUT2D eigenvalue weighted by Gasteiger charge is -2.08. The fourth-order valence-electron chi connectivity index (χ4n) is 2.29. The lowest BCUT2D eigenvalue weighted by molar-refractivity contribution is 0.799. The van der Waals surface area contributed by atoms with Crippen molar-refractivity contribution in [3.8, 4) is 11.9 Å². The van der Waals surface area contributed by atoms with Crippen LogP contribution in [0, 0.1) is 25.2 Å². The molecule has 0 saturated carbocycles. The third-order valence-corrected chi connectivity index (χ3v) is 3.41. The van der Waals surface area contributed by atoms with Gasteiger partial charge in [0, 0.05) is 12.2 Å². The summed E-state index contributed by atoms with van der Waals surface area (Å²) in [6.45, 7) is 4.55. The lowest BCUT2D eigenvalue weighted by atomic mass is 10.1. The Bertz CT molecular complexity index is 858. The average molecular weight is 304 g/mol. The maximum Gasteiger partial charge on any atom is 0.174 e. The predicted octanol–water partition coefficient (Wildman–Crippen LogP) is 2.76. The van der Waals surface area contributed by atoms with Gasteiger partial charge in [0.1, 0.15) is 5.82 Å². The van der Waals surface area contributed by atoms with Crippen LogP contribution in [0.25, 0.3) is 5.82 Å².